The third-order valence-electron chi connectivity index (χ3n) is 5.77. The topological polar surface area (TPSA) is 72.5 Å². The zero-order valence-corrected chi connectivity index (χ0v) is 15.2. The number of carbonyl (C=O) groups excluding carboxylic acids is 1. The second kappa shape index (κ2) is 6.85. The molecule has 26 heavy (non-hydrogen) atoms. The van der Waals surface area contributed by atoms with Crippen molar-refractivity contribution in [2.75, 3.05) is 26.2 Å². The van der Waals surface area contributed by atoms with Gasteiger partial charge in [0, 0.05) is 18.8 Å². The van der Waals surface area contributed by atoms with E-state index in [9.17, 15) is 9.90 Å². The SMILES string of the molecule is Cc1cc(C(=O)N2CC[C@](O)(c3ccccc3)[C@H](N3CCCC3)C2)n[nH]1. The van der Waals surface area contributed by atoms with Crippen molar-refractivity contribution >= 4 is 5.91 Å². The van der Waals surface area contributed by atoms with Crippen LogP contribution in [-0.2, 0) is 5.60 Å². The summed E-state index contributed by atoms with van der Waals surface area (Å²) in [6.45, 7) is 4.89. The van der Waals surface area contributed by atoms with Crippen LogP contribution in [0.25, 0.3) is 0 Å². The van der Waals surface area contributed by atoms with E-state index in [1.807, 2.05) is 42.2 Å². The van der Waals surface area contributed by atoms with E-state index in [-0.39, 0.29) is 11.9 Å². The summed E-state index contributed by atoms with van der Waals surface area (Å²) >= 11 is 0. The monoisotopic (exact) mass is 354 g/mol. The van der Waals surface area contributed by atoms with Crippen molar-refractivity contribution in [1.82, 2.24) is 20.0 Å². The van der Waals surface area contributed by atoms with Crippen molar-refractivity contribution in [2.45, 2.75) is 37.8 Å². The van der Waals surface area contributed by atoms with Gasteiger partial charge in [-0.15, -0.1) is 0 Å². The van der Waals surface area contributed by atoms with Gasteiger partial charge in [-0.25, -0.2) is 0 Å². The summed E-state index contributed by atoms with van der Waals surface area (Å²) < 4.78 is 0. The third kappa shape index (κ3) is 3.04. The van der Waals surface area contributed by atoms with Gasteiger partial charge in [0.1, 0.15) is 11.3 Å². The number of aromatic nitrogens is 2. The van der Waals surface area contributed by atoms with Crippen molar-refractivity contribution in [3.05, 3.63) is 53.3 Å². The molecule has 1 aromatic heterocycles. The van der Waals surface area contributed by atoms with Gasteiger partial charge in [0.2, 0.25) is 0 Å². The first-order valence-electron chi connectivity index (χ1n) is 9.41. The van der Waals surface area contributed by atoms with E-state index in [2.05, 4.69) is 15.1 Å². The second-order valence-corrected chi connectivity index (χ2v) is 7.49. The molecule has 2 aromatic rings. The molecule has 1 aromatic carbocycles. The molecule has 138 valence electrons. The number of aryl methyl sites for hydroxylation is 1. The van der Waals surface area contributed by atoms with Crippen LogP contribution in [0.4, 0.5) is 0 Å². The number of hydrogen-bond acceptors (Lipinski definition) is 4. The van der Waals surface area contributed by atoms with Crippen molar-refractivity contribution in [2.24, 2.45) is 0 Å². The second-order valence-electron chi connectivity index (χ2n) is 7.49. The van der Waals surface area contributed by atoms with Crippen molar-refractivity contribution in [3.8, 4) is 0 Å². The first-order chi connectivity index (χ1) is 12.6. The molecule has 3 heterocycles. The maximum absolute atomic E-state index is 12.9. The summed E-state index contributed by atoms with van der Waals surface area (Å²) in [4.78, 5) is 17.1. The minimum Gasteiger partial charge on any atom is -0.383 e. The minimum absolute atomic E-state index is 0.0614. The fraction of sp³-hybridized carbons (Fsp3) is 0.500. The highest BCUT2D eigenvalue weighted by atomic mass is 16.3. The smallest absolute Gasteiger partial charge is 0.274 e. The molecule has 0 bridgehead atoms. The van der Waals surface area contributed by atoms with Crippen molar-refractivity contribution in [1.29, 1.82) is 0 Å². The number of H-pyrrole nitrogens is 1. The van der Waals surface area contributed by atoms with E-state index in [0.717, 1.165) is 37.2 Å². The van der Waals surface area contributed by atoms with E-state index in [0.29, 0.717) is 25.2 Å². The number of amides is 1. The lowest BCUT2D eigenvalue weighted by molar-refractivity contribution is -0.0878. The van der Waals surface area contributed by atoms with E-state index < -0.39 is 5.60 Å². The molecule has 2 aliphatic rings. The maximum Gasteiger partial charge on any atom is 0.274 e. The number of aliphatic hydroxyl groups is 1. The number of piperidine rings is 1. The number of likely N-dealkylation sites (tertiary alicyclic amines) is 2. The van der Waals surface area contributed by atoms with Gasteiger partial charge < -0.3 is 10.0 Å². The van der Waals surface area contributed by atoms with Gasteiger partial charge in [-0.1, -0.05) is 30.3 Å². The van der Waals surface area contributed by atoms with Crippen molar-refractivity contribution < 1.29 is 9.90 Å². The molecule has 2 atom stereocenters. The van der Waals surface area contributed by atoms with Gasteiger partial charge in [0.05, 0.1) is 6.04 Å². The lowest BCUT2D eigenvalue weighted by Crippen LogP contribution is -2.61. The highest BCUT2D eigenvalue weighted by Gasteiger charge is 2.47. The van der Waals surface area contributed by atoms with Gasteiger partial charge >= 0.3 is 0 Å². The summed E-state index contributed by atoms with van der Waals surface area (Å²) in [5, 5.41) is 18.6. The fourth-order valence-corrected chi connectivity index (χ4v) is 4.33. The molecule has 0 radical (unpaired) electrons. The molecule has 6 heteroatoms. The Bertz CT molecular complexity index is 769. The van der Waals surface area contributed by atoms with Crippen LogP contribution < -0.4 is 0 Å². The molecule has 6 nitrogen and oxygen atoms in total. The molecule has 0 unspecified atom stereocenters. The molecule has 2 N–H and O–H groups in total. The summed E-state index contributed by atoms with van der Waals surface area (Å²) in [5.74, 6) is -0.0614. The zero-order chi connectivity index (χ0) is 18.1. The fourth-order valence-electron chi connectivity index (χ4n) is 4.33. The predicted molar refractivity (Wildman–Crippen MR) is 98.8 cm³/mol. The summed E-state index contributed by atoms with van der Waals surface area (Å²) in [7, 11) is 0. The average Bonchev–Trinajstić information content (AvgIpc) is 3.34. The van der Waals surface area contributed by atoms with Crippen LogP contribution in [-0.4, -0.2) is 63.2 Å². The van der Waals surface area contributed by atoms with Gasteiger partial charge in [-0.05, 0) is 50.9 Å². The quantitative estimate of drug-likeness (QED) is 0.883. The highest BCUT2D eigenvalue weighted by molar-refractivity contribution is 5.92. The molecular weight excluding hydrogens is 328 g/mol. The third-order valence-corrected chi connectivity index (χ3v) is 5.77. The normalized spacial score (nSPS) is 27.0. The maximum atomic E-state index is 12.9. The van der Waals surface area contributed by atoms with Gasteiger partial charge in [0.25, 0.3) is 5.91 Å². The average molecular weight is 354 g/mol. The Kier molecular flexibility index (Phi) is 4.54. The number of rotatable bonds is 3. The van der Waals surface area contributed by atoms with Crippen LogP contribution in [0, 0.1) is 6.92 Å². The lowest BCUT2D eigenvalue weighted by Gasteiger charge is -2.48. The van der Waals surface area contributed by atoms with E-state index >= 15 is 0 Å². The first-order valence-corrected chi connectivity index (χ1v) is 9.41. The molecule has 2 aliphatic heterocycles. The first kappa shape index (κ1) is 17.2. The van der Waals surface area contributed by atoms with Crippen LogP contribution in [0.5, 0.6) is 0 Å². The Balaban J connectivity index is 1.62. The van der Waals surface area contributed by atoms with Crippen LogP contribution >= 0.6 is 0 Å². The zero-order valence-electron chi connectivity index (χ0n) is 15.2. The lowest BCUT2D eigenvalue weighted by atomic mass is 9.79. The summed E-state index contributed by atoms with van der Waals surface area (Å²) in [6, 6.07) is 11.6. The van der Waals surface area contributed by atoms with E-state index in [1.165, 1.54) is 0 Å². The Labute approximate surface area is 153 Å². The number of nitrogens with zero attached hydrogens (tertiary/aromatic N) is 3. The van der Waals surface area contributed by atoms with Crippen LogP contribution in [0.15, 0.2) is 36.4 Å². The summed E-state index contributed by atoms with van der Waals surface area (Å²) in [5.41, 5.74) is 1.35. The Morgan fingerprint density at radius 1 is 1.23 bits per heavy atom. The largest absolute Gasteiger partial charge is 0.383 e. The highest BCUT2D eigenvalue weighted by Crippen LogP contribution is 2.37. The predicted octanol–water partition coefficient (Wildman–Crippen LogP) is 1.92. The molecule has 2 fully saturated rings. The van der Waals surface area contributed by atoms with Crippen molar-refractivity contribution in [3.63, 3.8) is 0 Å². The minimum atomic E-state index is -0.927. The van der Waals surface area contributed by atoms with E-state index in [1.54, 1.807) is 6.07 Å². The Morgan fingerprint density at radius 3 is 2.62 bits per heavy atom. The molecule has 2 saturated heterocycles. The standard InChI is InChI=1S/C20H26N4O2/c1-15-13-17(22-21-15)19(25)24-12-9-20(26,16-7-3-2-4-8-16)18(14-24)23-10-5-6-11-23/h2-4,7-8,13,18,26H,5-6,9-12,14H2,1H3,(H,21,22)/t18-,20+/m1/s1. The molecule has 4 rings (SSSR count). The molecule has 1 amide bonds. The number of aromatic amines is 1. The molecule has 0 spiro atoms. The Hall–Kier alpha value is -2.18. The number of carbonyl (C=O) groups is 1. The summed E-state index contributed by atoms with van der Waals surface area (Å²) in [6.07, 6.45) is 2.83. The van der Waals surface area contributed by atoms with E-state index in [4.69, 9.17) is 0 Å². The number of nitrogens with one attached hydrogen (secondary N) is 1. The van der Waals surface area contributed by atoms with Crippen LogP contribution in [0.2, 0.25) is 0 Å². The molecule has 0 aliphatic carbocycles. The Morgan fingerprint density at radius 2 is 1.96 bits per heavy atom. The molecule has 0 saturated carbocycles. The van der Waals surface area contributed by atoms with Gasteiger partial charge in [0.15, 0.2) is 0 Å². The van der Waals surface area contributed by atoms with Gasteiger partial charge in [-0.3, -0.25) is 14.8 Å². The van der Waals surface area contributed by atoms with Gasteiger partial charge in [-0.2, -0.15) is 5.10 Å². The van der Waals surface area contributed by atoms with Crippen LogP contribution in [0.3, 0.4) is 0 Å². The molecular formula is C20H26N4O2. The number of hydrogen-bond donors (Lipinski definition) is 2. The van der Waals surface area contributed by atoms with Crippen LogP contribution in [0.1, 0.15) is 41.0 Å². The number of benzene rings is 1.